The summed E-state index contributed by atoms with van der Waals surface area (Å²) in [4.78, 5) is 24.5. The Morgan fingerprint density at radius 1 is 1.17 bits per heavy atom. The highest BCUT2D eigenvalue weighted by atomic mass is 35.5. The van der Waals surface area contributed by atoms with Gasteiger partial charge in [-0.1, -0.05) is 35.9 Å². The van der Waals surface area contributed by atoms with Crippen molar-refractivity contribution < 1.29 is 18.9 Å². The summed E-state index contributed by atoms with van der Waals surface area (Å²) in [5.74, 6) is -1.02. The fourth-order valence-corrected chi connectivity index (χ4v) is 2.43. The second kappa shape index (κ2) is 8.42. The van der Waals surface area contributed by atoms with Gasteiger partial charge in [-0.05, 0) is 24.3 Å². The molecule has 1 unspecified atom stereocenters. The highest BCUT2D eigenvalue weighted by Crippen LogP contribution is 2.11. The third-order valence-electron chi connectivity index (χ3n) is 3.23. The van der Waals surface area contributed by atoms with Crippen LogP contribution in [0.3, 0.4) is 0 Å². The van der Waals surface area contributed by atoms with Crippen molar-refractivity contribution in [1.29, 1.82) is 0 Å². The lowest BCUT2D eigenvalue weighted by molar-refractivity contribution is -0.885. The Kier molecular flexibility index (Phi) is 6.28. The highest BCUT2D eigenvalue weighted by Gasteiger charge is 2.14. The van der Waals surface area contributed by atoms with Crippen molar-refractivity contribution >= 4 is 29.2 Å². The van der Waals surface area contributed by atoms with Crippen molar-refractivity contribution in [3.8, 4) is 0 Å². The van der Waals surface area contributed by atoms with Crippen LogP contribution in [0.15, 0.2) is 48.5 Å². The van der Waals surface area contributed by atoms with E-state index in [1.54, 1.807) is 12.1 Å². The quantitative estimate of drug-likeness (QED) is 0.770. The van der Waals surface area contributed by atoms with Gasteiger partial charge in [-0.15, -0.1) is 0 Å². The van der Waals surface area contributed by atoms with Crippen molar-refractivity contribution in [2.24, 2.45) is 0 Å². The number of nitrogens with one attached hydrogen (secondary N) is 3. The number of carbonyl (C=O) groups excluding carboxylic acids is 2. The van der Waals surface area contributed by atoms with Crippen molar-refractivity contribution in [3.63, 3.8) is 0 Å². The summed E-state index contributed by atoms with van der Waals surface area (Å²) >= 11 is 5.92. The third-order valence-corrected chi connectivity index (χ3v) is 3.47. The minimum absolute atomic E-state index is 0.0161. The SMILES string of the molecule is C[NH+](CC(=O)NC(=O)Nc1ccccc1F)Cc1cccc(Cl)c1. The van der Waals surface area contributed by atoms with Gasteiger partial charge in [-0.3, -0.25) is 10.1 Å². The Morgan fingerprint density at radius 3 is 2.62 bits per heavy atom. The number of para-hydroxylation sites is 1. The first kappa shape index (κ1) is 17.9. The van der Waals surface area contributed by atoms with Crippen LogP contribution in [0.25, 0.3) is 0 Å². The molecular formula is C17H18ClFN3O2+. The average molecular weight is 351 g/mol. The van der Waals surface area contributed by atoms with Crippen molar-refractivity contribution in [1.82, 2.24) is 5.32 Å². The summed E-state index contributed by atoms with van der Waals surface area (Å²) in [6.45, 7) is 0.681. The maximum atomic E-state index is 13.4. The van der Waals surface area contributed by atoms with Gasteiger partial charge >= 0.3 is 6.03 Å². The van der Waals surface area contributed by atoms with Crippen LogP contribution in [-0.2, 0) is 11.3 Å². The van der Waals surface area contributed by atoms with Crippen LogP contribution in [0.1, 0.15) is 5.56 Å². The van der Waals surface area contributed by atoms with Gasteiger partial charge in [0.15, 0.2) is 6.54 Å². The Balaban J connectivity index is 1.81. The number of hydrogen-bond donors (Lipinski definition) is 3. The number of anilines is 1. The van der Waals surface area contributed by atoms with Crippen LogP contribution in [0, 0.1) is 5.82 Å². The molecule has 0 aromatic heterocycles. The molecule has 2 aromatic rings. The normalized spacial score (nSPS) is 11.6. The van der Waals surface area contributed by atoms with E-state index in [0.717, 1.165) is 10.5 Å². The minimum Gasteiger partial charge on any atom is -0.326 e. The molecule has 24 heavy (non-hydrogen) atoms. The van der Waals surface area contributed by atoms with Crippen LogP contribution in [-0.4, -0.2) is 25.5 Å². The van der Waals surface area contributed by atoms with E-state index in [2.05, 4.69) is 10.6 Å². The zero-order chi connectivity index (χ0) is 17.5. The van der Waals surface area contributed by atoms with Crippen molar-refractivity contribution in [2.75, 3.05) is 18.9 Å². The summed E-state index contributed by atoms with van der Waals surface area (Å²) in [5.41, 5.74) is 1.01. The van der Waals surface area contributed by atoms with E-state index in [4.69, 9.17) is 11.6 Å². The van der Waals surface area contributed by atoms with Gasteiger partial charge in [0.25, 0.3) is 5.91 Å². The second-order valence-electron chi connectivity index (χ2n) is 5.42. The number of imide groups is 1. The summed E-state index contributed by atoms with van der Waals surface area (Å²) < 4.78 is 13.4. The van der Waals surface area contributed by atoms with Gasteiger partial charge in [-0.25, -0.2) is 9.18 Å². The molecule has 126 valence electrons. The number of likely N-dealkylation sites (N-methyl/N-ethyl adjacent to an activating group) is 1. The Morgan fingerprint density at radius 2 is 1.92 bits per heavy atom. The molecule has 3 N–H and O–H groups in total. The second-order valence-corrected chi connectivity index (χ2v) is 5.86. The summed E-state index contributed by atoms with van der Waals surface area (Å²) in [7, 11) is 1.83. The monoisotopic (exact) mass is 350 g/mol. The van der Waals surface area contributed by atoms with Crippen LogP contribution < -0.4 is 15.5 Å². The third kappa shape index (κ3) is 5.64. The molecule has 5 nitrogen and oxygen atoms in total. The fraction of sp³-hybridized carbons (Fsp3) is 0.176. The average Bonchev–Trinajstić information content (AvgIpc) is 2.49. The molecule has 0 aliphatic carbocycles. The lowest BCUT2D eigenvalue weighted by atomic mass is 10.2. The van der Waals surface area contributed by atoms with Crippen LogP contribution >= 0.6 is 11.6 Å². The zero-order valence-corrected chi connectivity index (χ0v) is 13.9. The molecule has 1 atom stereocenters. The molecular weight excluding hydrogens is 333 g/mol. The fourth-order valence-electron chi connectivity index (χ4n) is 2.22. The predicted molar refractivity (Wildman–Crippen MR) is 90.5 cm³/mol. The smallest absolute Gasteiger partial charge is 0.326 e. The van der Waals surface area contributed by atoms with Gasteiger partial charge in [0.1, 0.15) is 12.4 Å². The predicted octanol–water partition coefficient (Wildman–Crippen LogP) is 1.84. The van der Waals surface area contributed by atoms with Crippen LogP contribution in [0.4, 0.5) is 14.9 Å². The number of carbonyl (C=O) groups is 2. The first-order valence-electron chi connectivity index (χ1n) is 7.35. The largest absolute Gasteiger partial charge is 0.326 e. The number of hydrogen-bond acceptors (Lipinski definition) is 2. The molecule has 3 amide bonds. The Bertz CT molecular complexity index is 739. The van der Waals surface area contributed by atoms with Gasteiger partial charge in [-0.2, -0.15) is 0 Å². The van der Waals surface area contributed by atoms with Crippen molar-refractivity contribution in [3.05, 3.63) is 64.9 Å². The summed E-state index contributed by atoms with van der Waals surface area (Å²) in [6.07, 6.45) is 0. The number of quaternary nitrogens is 1. The molecule has 0 saturated heterocycles. The lowest BCUT2D eigenvalue weighted by Crippen LogP contribution is -3.09. The number of benzene rings is 2. The molecule has 0 aliphatic rings. The molecule has 7 heteroatoms. The minimum atomic E-state index is -0.763. The maximum absolute atomic E-state index is 13.4. The van der Waals surface area contributed by atoms with Crippen LogP contribution in [0.5, 0.6) is 0 Å². The van der Waals surface area contributed by atoms with Crippen LogP contribution in [0.2, 0.25) is 5.02 Å². The number of amides is 3. The molecule has 2 aromatic carbocycles. The summed E-state index contributed by atoms with van der Waals surface area (Å²) in [6, 6.07) is 12.3. The topological polar surface area (TPSA) is 62.6 Å². The molecule has 0 saturated carbocycles. The number of urea groups is 1. The molecule has 0 fully saturated rings. The van der Waals surface area contributed by atoms with E-state index in [9.17, 15) is 14.0 Å². The van der Waals surface area contributed by atoms with E-state index >= 15 is 0 Å². The summed E-state index contributed by atoms with van der Waals surface area (Å²) in [5, 5.41) is 5.11. The van der Waals surface area contributed by atoms with Crippen molar-refractivity contribution in [2.45, 2.75) is 6.54 Å². The van der Waals surface area contributed by atoms with E-state index in [1.807, 2.05) is 25.2 Å². The molecule has 0 heterocycles. The number of rotatable bonds is 5. The van der Waals surface area contributed by atoms with Gasteiger partial charge < -0.3 is 10.2 Å². The van der Waals surface area contributed by atoms with E-state index in [-0.39, 0.29) is 12.2 Å². The van der Waals surface area contributed by atoms with E-state index in [1.165, 1.54) is 18.2 Å². The molecule has 0 bridgehead atoms. The maximum Gasteiger partial charge on any atom is 0.326 e. The standard InChI is InChI=1S/C17H17ClFN3O2/c1-22(10-12-5-4-6-13(18)9-12)11-16(23)21-17(24)20-15-8-3-2-7-14(15)19/h2-9H,10-11H2,1H3,(H2,20,21,23,24)/p+1. The Hall–Kier alpha value is -2.44. The molecule has 0 radical (unpaired) electrons. The first-order chi connectivity index (χ1) is 11.4. The van der Waals surface area contributed by atoms with E-state index < -0.39 is 17.8 Å². The van der Waals surface area contributed by atoms with E-state index in [0.29, 0.717) is 11.6 Å². The van der Waals surface area contributed by atoms with Gasteiger partial charge in [0, 0.05) is 10.6 Å². The number of halogens is 2. The molecule has 0 aliphatic heterocycles. The lowest BCUT2D eigenvalue weighted by Gasteiger charge is -2.14. The van der Waals surface area contributed by atoms with Gasteiger partial charge in [0.05, 0.1) is 12.7 Å². The first-order valence-corrected chi connectivity index (χ1v) is 7.73. The Labute approximate surface area is 144 Å². The molecule has 0 spiro atoms. The highest BCUT2D eigenvalue weighted by molar-refractivity contribution is 6.30. The molecule has 2 rings (SSSR count). The zero-order valence-electron chi connectivity index (χ0n) is 13.1. The van der Waals surface area contributed by atoms with Gasteiger partial charge in [0.2, 0.25) is 0 Å².